The molecule has 2 rings (SSSR count). The lowest BCUT2D eigenvalue weighted by Gasteiger charge is -2.21. The summed E-state index contributed by atoms with van der Waals surface area (Å²) in [5.41, 5.74) is 0.445. The Kier molecular flexibility index (Phi) is 3.38. The van der Waals surface area contributed by atoms with Crippen molar-refractivity contribution in [2.75, 3.05) is 0 Å². The van der Waals surface area contributed by atoms with Crippen molar-refractivity contribution in [2.45, 2.75) is 18.8 Å². The monoisotopic (exact) mass is 248 g/mol. The summed E-state index contributed by atoms with van der Waals surface area (Å²) in [5.74, 6) is -0.252. The molecule has 2 aromatic rings. The van der Waals surface area contributed by atoms with Crippen LogP contribution in [0, 0.1) is 5.82 Å². The lowest BCUT2D eigenvalue weighted by molar-refractivity contribution is -0.112. The van der Waals surface area contributed by atoms with Crippen LogP contribution in [0.3, 0.4) is 0 Å². The van der Waals surface area contributed by atoms with E-state index >= 15 is 0 Å². The van der Waals surface area contributed by atoms with Crippen LogP contribution in [0.15, 0.2) is 41.8 Å². The fraction of sp³-hybridized carbons (Fsp3) is 0.214. The van der Waals surface area contributed by atoms with Crippen LogP contribution in [0.1, 0.15) is 17.4 Å². The average molecular weight is 248 g/mol. The molecule has 1 atom stereocenters. The average Bonchev–Trinajstić information content (AvgIpc) is 2.86. The summed E-state index contributed by atoms with van der Waals surface area (Å²) in [6.45, 7) is 1.91. The number of aldehydes is 1. The van der Waals surface area contributed by atoms with E-state index in [-0.39, 0.29) is 5.82 Å². The van der Waals surface area contributed by atoms with E-state index in [1.165, 1.54) is 12.1 Å². The molecular formula is C14H13FOS. The highest BCUT2D eigenvalue weighted by Gasteiger charge is 2.27. The molecule has 1 heterocycles. The Morgan fingerprint density at radius 3 is 2.53 bits per heavy atom. The number of carbonyl (C=O) groups excluding carboxylic acids is 1. The van der Waals surface area contributed by atoms with Gasteiger partial charge in [-0.05, 0) is 42.5 Å². The Hall–Kier alpha value is -1.48. The van der Waals surface area contributed by atoms with Crippen molar-refractivity contribution in [3.8, 4) is 0 Å². The number of hydrogen-bond donors (Lipinski definition) is 0. The van der Waals surface area contributed by atoms with Crippen molar-refractivity contribution in [1.29, 1.82) is 0 Å². The third kappa shape index (κ3) is 2.61. The van der Waals surface area contributed by atoms with Gasteiger partial charge in [0.2, 0.25) is 0 Å². The van der Waals surface area contributed by atoms with Gasteiger partial charge in [-0.2, -0.15) is 0 Å². The highest BCUT2D eigenvalue weighted by atomic mass is 32.1. The van der Waals surface area contributed by atoms with Crippen molar-refractivity contribution < 1.29 is 9.18 Å². The summed E-state index contributed by atoms with van der Waals surface area (Å²) in [7, 11) is 0. The number of carbonyl (C=O) groups is 1. The highest BCUT2D eigenvalue weighted by molar-refractivity contribution is 7.10. The van der Waals surface area contributed by atoms with Crippen molar-refractivity contribution in [3.05, 3.63) is 58.0 Å². The van der Waals surface area contributed by atoms with E-state index in [1.54, 1.807) is 23.5 Å². The van der Waals surface area contributed by atoms with Crippen LogP contribution < -0.4 is 0 Å². The Labute approximate surface area is 104 Å². The first-order chi connectivity index (χ1) is 8.14. The fourth-order valence-electron chi connectivity index (χ4n) is 1.82. The van der Waals surface area contributed by atoms with Crippen LogP contribution >= 0.6 is 11.3 Å². The standard InChI is InChI=1S/C14H13FOS/c1-14(10-16,13-3-2-8-17-13)9-11-4-6-12(15)7-5-11/h2-8,10H,9H2,1H3. The minimum atomic E-state index is -0.522. The number of halogens is 1. The zero-order valence-electron chi connectivity index (χ0n) is 9.52. The molecule has 0 fully saturated rings. The van der Waals surface area contributed by atoms with E-state index in [4.69, 9.17) is 0 Å². The summed E-state index contributed by atoms with van der Waals surface area (Å²) in [5, 5.41) is 1.96. The number of hydrogen-bond acceptors (Lipinski definition) is 2. The van der Waals surface area contributed by atoms with Crippen molar-refractivity contribution >= 4 is 17.6 Å². The minimum absolute atomic E-state index is 0.252. The molecule has 0 saturated carbocycles. The number of thiophene rings is 1. The van der Waals surface area contributed by atoms with Gasteiger partial charge in [0.05, 0.1) is 5.41 Å². The van der Waals surface area contributed by atoms with Gasteiger partial charge in [0, 0.05) is 4.88 Å². The Morgan fingerprint density at radius 1 is 1.29 bits per heavy atom. The van der Waals surface area contributed by atoms with E-state index in [0.29, 0.717) is 6.42 Å². The molecule has 0 bridgehead atoms. The molecule has 1 aromatic heterocycles. The summed E-state index contributed by atoms with van der Waals surface area (Å²) < 4.78 is 12.8. The first kappa shape index (κ1) is 12.0. The van der Waals surface area contributed by atoms with Crippen molar-refractivity contribution in [3.63, 3.8) is 0 Å². The first-order valence-electron chi connectivity index (χ1n) is 5.39. The second-order valence-corrected chi connectivity index (χ2v) is 5.26. The third-order valence-corrected chi connectivity index (χ3v) is 3.98. The van der Waals surface area contributed by atoms with Gasteiger partial charge >= 0.3 is 0 Å². The molecule has 0 N–H and O–H groups in total. The largest absolute Gasteiger partial charge is 0.302 e. The van der Waals surface area contributed by atoms with E-state index in [1.807, 2.05) is 24.4 Å². The summed E-state index contributed by atoms with van der Waals surface area (Å²) in [6.07, 6.45) is 1.57. The topological polar surface area (TPSA) is 17.1 Å². The maximum atomic E-state index is 12.8. The smallest absolute Gasteiger partial charge is 0.131 e. The van der Waals surface area contributed by atoms with Crippen LogP contribution in [-0.4, -0.2) is 6.29 Å². The van der Waals surface area contributed by atoms with E-state index in [2.05, 4.69) is 0 Å². The van der Waals surface area contributed by atoms with Crippen LogP contribution in [0.25, 0.3) is 0 Å². The lowest BCUT2D eigenvalue weighted by atomic mass is 9.84. The molecule has 0 aliphatic carbocycles. The molecule has 3 heteroatoms. The lowest BCUT2D eigenvalue weighted by Crippen LogP contribution is -2.25. The molecule has 17 heavy (non-hydrogen) atoms. The molecular weight excluding hydrogens is 235 g/mol. The quantitative estimate of drug-likeness (QED) is 0.756. The predicted octanol–water partition coefficient (Wildman–Crippen LogP) is 3.59. The molecule has 1 aromatic carbocycles. The zero-order chi connectivity index (χ0) is 12.3. The molecule has 0 saturated heterocycles. The number of rotatable bonds is 4. The predicted molar refractivity (Wildman–Crippen MR) is 67.8 cm³/mol. The van der Waals surface area contributed by atoms with Crippen molar-refractivity contribution in [1.82, 2.24) is 0 Å². The normalized spacial score (nSPS) is 14.2. The minimum Gasteiger partial charge on any atom is -0.302 e. The second kappa shape index (κ2) is 4.80. The molecule has 0 aliphatic heterocycles. The molecule has 0 aliphatic rings. The van der Waals surface area contributed by atoms with Crippen LogP contribution in [0.5, 0.6) is 0 Å². The van der Waals surface area contributed by atoms with Crippen molar-refractivity contribution in [2.24, 2.45) is 0 Å². The molecule has 0 radical (unpaired) electrons. The molecule has 1 nitrogen and oxygen atoms in total. The van der Waals surface area contributed by atoms with E-state index < -0.39 is 5.41 Å². The Morgan fingerprint density at radius 2 is 2.00 bits per heavy atom. The van der Waals surface area contributed by atoms with Gasteiger partial charge in [0.25, 0.3) is 0 Å². The Balaban J connectivity index is 2.26. The summed E-state index contributed by atoms with van der Waals surface area (Å²) in [4.78, 5) is 12.4. The first-order valence-corrected chi connectivity index (χ1v) is 6.27. The maximum Gasteiger partial charge on any atom is 0.131 e. The van der Waals surface area contributed by atoms with Gasteiger partial charge in [-0.1, -0.05) is 18.2 Å². The molecule has 88 valence electrons. The maximum absolute atomic E-state index is 12.8. The van der Waals surface area contributed by atoms with Gasteiger partial charge in [-0.15, -0.1) is 11.3 Å². The number of benzene rings is 1. The fourth-order valence-corrected chi connectivity index (χ4v) is 2.67. The SMILES string of the molecule is CC(C=O)(Cc1ccc(F)cc1)c1cccs1. The van der Waals surface area contributed by atoms with E-state index in [0.717, 1.165) is 16.7 Å². The third-order valence-electron chi connectivity index (χ3n) is 2.83. The second-order valence-electron chi connectivity index (χ2n) is 4.32. The van der Waals surface area contributed by atoms with Crippen LogP contribution in [0.4, 0.5) is 4.39 Å². The van der Waals surface area contributed by atoms with Gasteiger partial charge in [0.1, 0.15) is 12.1 Å². The van der Waals surface area contributed by atoms with Crippen LogP contribution in [-0.2, 0) is 16.6 Å². The highest BCUT2D eigenvalue weighted by Crippen LogP contribution is 2.29. The molecule has 1 unspecified atom stereocenters. The van der Waals surface area contributed by atoms with Gasteiger partial charge < -0.3 is 4.79 Å². The van der Waals surface area contributed by atoms with Crippen LogP contribution in [0.2, 0.25) is 0 Å². The zero-order valence-corrected chi connectivity index (χ0v) is 10.3. The summed E-state index contributed by atoms with van der Waals surface area (Å²) >= 11 is 1.57. The summed E-state index contributed by atoms with van der Waals surface area (Å²) in [6, 6.07) is 10.2. The van der Waals surface area contributed by atoms with Gasteiger partial charge in [0.15, 0.2) is 0 Å². The van der Waals surface area contributed by atoms with E-state index in [9.17, 15) is 9.18 Å². The molecule has 0 amide bonds. The van der Waals surface area contributed by atoms with Gasteiger partial charge in [-0.3, -0.25) is 0 Å². The Bertz CT molecular complexity index is 489. The van der Waals surface area contributed by atoms with Gasteiger partial charge in [-0.25, -0.2) is 4.39 Å². The molecule has 0 spiro atoms.